The molecule has 138 valence electrons. The van der Waals surface area contributed by atoms with Gasteiger partial charge >= 0.3 is 0 Å². The molecule has 0 amide bonds. The first-order chi connectivity index (χ1) is 12.7. The van der Waals surface area contributed by atoms with Gasteiger partial charge in [0.1, 0.15) is 11.4 Å². The quantitative estimate of drug-likeness (QED) is 0.826. The van der Waals surface area contributed by atoms with Crippen LogP contribution in [0, 0.1) is 0 Å². The van der Waals surface area contributed by atoms with Gasteiger partial charge in [0.2, 0.25) is 0 Å². The zero-order valence-corrected chi connectivity index (χ0v) is 15.4. The van der Waals surface area contributed by atoms with E-state index in [1.807, 2.05) is 18.5 Å². The van der Waals surface area contributed by atoms with Crippen molar-refractivity contribution in [3.8, 4) is 5.75 Å². The monoisotopic (exact) mass is 354 g/mol. The molecular weight excluding hydrogens is 328 g/mol. The highest BCUT2D eigenvalue weighted by Gasteiger charge is 2.52. The molecule has 2 aliphatic rings. The summed E-state index contributed by atoms with van der Waals surface area (Å²) in [5, 5.41) is 0. The number of pyridine rings is 1. The second-order valence-electron chi connectivity index (χ2n) is 7.30. The van der Waals surface area contributed by atoms with Crippen molar-refractivity contribution < 1.29 is 14.2 Å². The van der Waals surface area contributed by atoms with Gasteiger partial charge < -0.3 is 14.2 Å². The van der Waals surface area contributed by atoms with Crippen molar-refractivity contribution in [1.82, 2.24) is 9.88 Å². The Morgan fingerprint density at radius 3 is 2.85 bits per heavy atom. The van der Waals surface area contributed by atoms with Crippen LogP contribution in [-0.4, -0.2) is 55.5 Å². The van der Waals surface area contributed by atoms with E-state index >= 15 is 0 Å². The molecule has 2 aromatic rings. The Labute approximate surface area is 154 Å². The van der Waals surface area contributed by atoms with E-state index in [4.69, 9.17) is 14.2 Å². The van der Waals surface area contributed by atoms with E-state index in [-0.39, 0.29) is 11.7 Å². The molecule has 0 N–H and O–H groups in total. The first kappa shape index (κ1) is 17.5. The molecule has 0 unspecified atom stereocenters. The van der Waals surface area contributed by atoms with E-state index in [9.17, 15) is 0 Å². The van der Waals surface area contributed by atoms with Crippen molar-refractivity contribution in [2.75, 3.05) is 33.9 Å². The standard InChI is InChI=1S/C21H26N2O3/c1-24-19-5-3-4-17(10-19)18-11-21(26-14-18)15-23(13-20(21)25-2)12-16-6-8-22-9-7-16/h3-10,18,20H,11-15H2,1-2H3/t18-,20+,21+/m0/s1. The summed E-state index contributed by atoms with van der Waals surface area (Å²) in [5.41, 5.74) is 2.33. The SMILES string of the molecule is COc1cccc([C@@H]2CO[C@]3(C2)CN(Cc2ccncc2)C[C@H]3OC)c1. The molecule has 1 spiro atoms. The van der Waals surface area contributed by atoms with Crippen molar-refractivity contribution in [2.24, 2.45) is 0 Å². The molecule has 4 rings (SSSR count). The highest BCUT2D eigenvalue weighted by atomic mass is 16.6. The van der Waals surface area contributed by atoms with Gasteiger partial charge in [-0.2, -0.15) is 0 Å². The van der Waals surface area contributed by atoms with Crippen molar-refractivity contribution >= 4 is 0 Å². The third-order valence-corrected chi connectivity index (χ3v) is 5.67. The minimum atomic E-state index is -0.227. The summed E-state index contributed by atoms with van der Waals surface area (Å²) in [6.45, 7) is 3.42. The van der Waals surface area contributed by atoms with Gasteiger partial charge in [0.25, 0.3) is 0 Å². The zero-order valence-electron chi connectivity index (χ0n) is 15.4. The van der Waals surface area contributed by atoms with Crippen LogP contribution in [0.2, 0.25) is 0 Å². The van der Waals surface area contributed by atoms with E-state index < -0.39 is 0 Å². The van der Waals surface area contributed by atoms with Gasteiger partial charge in [0, 0.05) is 45.1 Å². The number of hydrogen-bond acceptors (Lipinski definition) is 5. The van der Waals surface area contributed by atoms with Crippen LogP contribution in [0.4, 0.5) is 0 Å². The average molecular weight is 354 g/mol. The highest BCUT2D eigenvalue weighted by molar-refractivity contribution is 5.32. The summed E-state index contributed by atoms with van der Waals surface area (Å²) < 4.78 is 17.6. The van der Waals surface area contributed by atoms with E-state index in [0.717, 1.165) is 38.4 Å². The van der Waals surface area contributed by atoms with Crippen LogP contribution in [0.25, 0.3) is 0 Å². The van der Waals surface area contributed by atoms with Crippen molar-refractivity contribution in [1.29, 1.82) is 0 Å². The summed E-state index contributed by atoms with van der Waals surface area (Å²) in [6, 6.07) is 12.5. The van der Waals surface area contributed by atoms with Gasteiger partial charge in [-0.3, -0.25) is 9.88 Å². The molecule has 5 heteroatoms. The molecule has 0 radical (unpaired) electrons. The first-order valence-electron chi connectivity index (χ1n) is 9.14. The van der Waals surface area contributed by atoms with Gasteiger partial charge in [0.15, 0.2) is 0 Å². The highest BCUT2D eigenvalue weighted by Crippen LogP contribution is 2.44. The molecule has 2 saturated heterocycles. The molecule has 1 aromatic carbocycles. The summed E-state index contributed by atoms with van der Waals surface area (Å²) >= 11 is 0. The third-order valence-electron chi connectivity index (χ3n) is 5.67. The maximum atomic E-state index is 6.39. The fourth-order valence-corrected chi connectivity index (χ4v) is 4.35. The van der Waals surface area contributed by atoms with Crippen LogP contribution in [-0.2, 0) is 16.0 Å². The number of likely N-dealkylation sites (tertiary alicyclic amines) is 1. The van der Waals surface area contributed by atoms with Crippen molar-refractivity contribution in [3.63, 3.8) is 0 Å². The minimum Gasteiger partial charge on any atom is -0.497 e. The number of benzene rings is 1. The predicted octanol–water partition coefficient (Wildman–Crippen LogP) is 2.86. The molecule has 0 bridgehead atoms. The molecule has 1 aromatic heterocycles. The van der Waals surface area contributed by atoms with E-state index in [0.29, 0.717) is 5.92 Å². The molecule has 0 saturated carbocycles. The Morgan fingerprint density at radius 2 is 2.08 bits per heavy atom. The largest absolute Gasteiger partial charge is 0.497 e. The lowest BCUT2D eigenvalue weighted by Gasteiger charge is -2.28. The normalized spacial score (nSPS) is 28.7. The molecule has 3 atom stereocenters. The Bertz CT molecular complexity index is 739. The van der Waals surface area contributed by atoms with Crippen LogP contribution in [0.1, 0.15) is 23.5 Å². The Morgan fingerprint density at radius 1 is 1.23 bits per heavy atom. The fraction of sp³-hybridized carbons (Fsp3) is 0.476. The number of methoxy groups -OCH3 is 2. The summed E-state index contributed by atoms with van der Waals surface area (Å²) in [7, 11) is 3.51. The smallest absolute Gasteiger partial charge is 0.119 e. The van der Waals surface area contributed by atoms with Crippen molar-refractivity contribution in [3.05, 3.63) is 59.9 Å². The maximum absolute atomic E-state index is 6.39. The summed E-state index contributed by atoms with van der Waals surface area (Å²) in [4.78, 5) is 6.53. The Kier molecular flexibility index (Phi) is 4.94. The molecule has 5 nitrogen and oxygen atoms in total. The number of aromatic nitrogens is 1. The fourth-order valence-electron chi connectivity index (χ4n) is 4.35. The van der Waals surface area contributed by atoms with Gasteiger partial charge in [0.05, 0.1) is 19.8 Å². The van der Waals surface area contributed by atoms with Crippen LogP contribution >= 0.6 is 0 Å². The number of nitrogens with zero attached hydrogens (tertiary/aromatic N) is 2. The van der Waals surface area contributed by atoms with Crippen LogP contribution in [0.3, 0.4) is 0 Å². The summed E-state index contributed by atoms with van der Waals surface area (Å²) in [6.07, 6.45) is 4.77. The average Bonchev–Trinajstić information content (AvgIpc) is 3.26. The Hall–Kier alpha value is -1.95. The number of hydrogen-bond donors (Lipinski definition) is 0. The maximum Gasteiger partial charge on any atom is 0.119 e. The van der Waals surface area contributed by atoms with Crippen LogP contribution in [0.5, 0.6) is 5.75 Å². The lowest BCUT2D eigenvalue weighted by Crippen LogP contribution is -2.42. The van der Waals surface area contributed by atoms with Crippen LogP contribution in [0.15, 0.2) is 48.8 Å². The molecule has 26 heavy (non-hydrogen) atoms. The number of rotatable bonds is 5. The lowest BCUT2D eigenvalue weighted by atomic mass is 9.87. The molecule has 3 heterocycles. The molecule has 2 fully saturated rings. The molecular formula is C21H26N2O3. The van der Waals surface area contributed by atoms with Gasteiger partial charge in [-0.1, -0.05) is 12.1 Å². The molecule has 2 aliphatic heterocycles. The second-order valence-corrected chi connectivity index (χ2v) is 7.30. The first-order valence-corrected chi connectivity index (χ1v) is 9.14. The second kappa shape index (κ2) is 7.35. The topological polar surface area (TPSA) is 43.8 Å². The predicted molar refractivity (Wildman–Crippen MR) is 99.3 cm³/mol. The summed E-state index contributed by atoms with van der Waals surface area (Å²) in [5.74, 6) is 1.28. The zero-order chi connectivity index (χ0) is 18.0. The minimum absolute atomic E-state index is 0.0972. The van der Waals surface area contributed by atoms with Gasteiger partial charge in [-0.25, -0.2) is 0 Å². The third kappa shape index (κ3) is 3.34. The van der Waals surface area contributed by atoms with Crippen LogP contribution < -0.4 is 4.74 Å². The van der Waals surface area contributed by atoms with Gasteiger partial charge in [-0.05, 0) is 41.8 Å². The lowest BCUT2D eigenvalue weighted by molar-refractivity contribution is -0.0757. The number of ether oxygens (including phenoxy) is 3. The van der Waals surface area contributed by atoms with Gasteiger partial charge in [-0.15, -0.1) is 0 Å². The van der Waals surface area contributed by atoms with E-state index in [1.54, 1.807) is 14.2 Å². The Balaban J connectivity index is 1.48. The van der Waals surface area contributed by atoms with E-state index in [2.05, 4.69) is 40.2 Å². The van der Waals surface area contributed by atoms with Crippen molar-refractivity contribution in [2.45, 2.75) is 30.6 Å². The van der Waals surface area contributed by atoms with E-state index in [1.165, 1.54) is 11.1 Å². The molecule has 0 aliphatic carbocycles.